The molecule has 0 saturated carbocycles. The monoisotopic (exact) mass is 279 g/mol. The number of aryl methyl sites for hydroxylation is 1. The van der Waals surface area contributed by atoms with Gasteiger partial charge in [0.2, 0.25) is 0 Å². The Morgan fingerprint density at radius 3 is 2.84 bits per heavy atom. The summed E-state index contributed by atoms with van der Waals surface area (Å²) >= 11 is 5.89. The zero-order valence-corrected chi connectivity index (χ0v) is 10.9. The van der Waals surface area contributed by atoms with Crippen molar-refractivity contribution in [3.8, 4) is 5.75 Å². The van der Waals surface area contributed by atoms with Crippen molar-refractivity contribution in [1.82, 2.24) is 4.98 Å². The standard InChI is InChI=1S/C14H11ClFNO2/c1-9-2-5-14(13(7-18)17-9)19-8-10-3-4-11(16)6-12(10)15/h2-7H,8H2,1H3. The van der Waals surface area contributed by atoms with Crippen LogP contribution >= 0.6 is 11.6 Å². The summed E-state index contributed by atoms with van der Waals surface area (Å²) in [5.41, 5.74) is 1.60. The van der Waals surface area contributed by atoms with Crippen LogP contribution in [-0.4, -0.2) is 11.3 Å². The second kappa shape index (κ2) is 5.80. The predicted molar refractivity (Wildman–Crippen MR) is 70.1 cm³/mol. The molecule has 0 radical (unpaired) electrons. The third-order valence-electron chi connectivity index (χ3n) is 2.54. The first-order valence-electron chi connectivity index (χ1n) is 5.59. The Labute approximate surface area is 115 Å². The molecule has 1 aromatic carbocycles. The average Bonchev–Trinajstić information content (AvgIpc) is 2.39. The van der Waals surface area contributed by atoms with E-state index in [9.17, 15) is 9.18 Å². The van der Waals surface area contributed by atoms with Crippen molar-refractivity contribution in [2.75, 3.05) is 0 Å². The summed E-state index contributed by atoms with van der Waals surface area (Å²) in [6, 6.07) is 7.48. The fourth-order valence-corrected chi connectivity index (χ4v) is 1.79. The highest BCUT2D eigenvalue weighted by Crippen LogP contribution is 2.21. The van der Waals surface area contributed by atoms with Crippen LogP contribution in [0.3, 0.4) is 0 Å². The van der Waals surface area contributed by atoms with Gasteiger partial charge in [-0.3, -0.25) is 4.79 Å². The van der Waals surface area contributed by atoms with Gasteiger partial charge in [0.25, 0.3) is 0 Å². The van der Waals surface area contributed by atoms with Gasteiger partial charge >= 0.3 is 0 Å². The molecule has 1 heterocycles. The van der Waals surface area contributed by atoms with Crippen molar-refractivity contribution >= 4 is 17.9 Å². The summed E-state index contributed by atoms with van der Waals surface area (Å²) in [7, 11) is 0. The van der Waals surface area contributed by atoms with Gasteiger partial charge in [0.05, 0.1) is 5.02 Å². The number of ether oxygens (including phenoxy) is 1. The van der Waals surface area contributed by atoms with Crippen LogP contribution in [0.4, 0.5) is 4.39 Å². The van der Waals surface area contributed by atoms with E-state index in [-0.39, 0.29) is 17.3 Å². The van der Waals surface area contributed by atoms with Gasteiger partial charge in [-0.25, -0.2) is 9.37 Å². The number of pyridine rings is 1. The zero-order chi connectivity index (χ0) is 13.8. The highest BCUT2D eigenvalue weighted by molar-refractivity contribution is 6.31. The second-order valence-corrected chi connectivity index (χ2v) is 4.39. The number of carbonyl (C=O) groups is 1. The number of aldehydes is 1. The Morgan fingerprint density at radius 2 is 2.16 bits per heavy atom. The molecular weight excluding hydrogens is 269 g/mol. The SMILES string of the molecule is Cc1ccc(OCc2ccc(F)cc2Cl)c(C=O)n1. The van der Waals surface area contributed by atoms with E-state index < -0.39 is 5.82 Å². The van der Waals surface area contributed by atoms with Crippen LogP contribution < -0.4 is 4.74 Å². The van der Waals surface area contributed by atoms with Gasteiger partial charge in [-0.1, -0.05) is 17.7 Å². The molecule has 2 rings (SSSR count). The Kier molecular flexibility index (Phi) is 4.12. The zero-order valence-electron chi connectivity index (χ0n) is 10.2. The smallest absolute Gasteiger partial charge is 0.172 e. The molecule has 19 heavy (non-hydrogen) atoms. The first-order chi connectivity index (χ1) is 9.10. The van der Waals surface area contributed by atoms with Gasteiger partial charge in [0.1, 0.15) is 23.9 Å². The van der Waals surface area contributed by atoms with E-state index in [2.05, 4.69) is 4.98 Å². The lowest BCUT2D eigenvalue weighted by atomic mass is 10.2. The highest BCUT2D eigenvalue weighted by atomic mass is 35.5. The number of nitrogens with zero attached hydrogens (tertiary/aromatic N) is 1. The molecule has 0 unspecified atom stereocenters. The molecule has 0 amide bonds. The molecule has 2 aromatic rings. The molecule has 0 spiro atoms. The number of halogens is 2. The van der Waals surface area contributed by atoms with Gasteiger partial charge in [-0.15, -0.1) is 0 Å². The largest absolute Gasteiger partial charge is 0.486 e. The molecule has 0 aliphatic carbocycles. The molecule has 0 atom stereocenters. The maximum Gasteiger partial charge on any atom is 0.172 e. The summed E-state index contributed by atoms with van der Waals surface area (Å²) in [5.74, 6) is -0.0275. The van der Waals surface area contributed by atoms with E-state index in [0.717, 1.165) is 5.69 Å². The van der Waals surface area contributed by atoms with Gasteiger partial charge in [-0.05, 0) is 31.2 Å². The first-order valence-corrected chi connectivity index (χ1v) is 5.97. The minimum atomic E-state index is -0.403. The lowest BCUT2D eigenvalue weighted by Gasteiger charge is -2.09. The maximum absolute atomic E-state index is 12.9. The second-order valence-electron chi connectivity index (χ2n) is 3.98. The first kappa shape index (κ1) is 13.5. The van der Waals surface area contributed by atoms with E-state index in [1.807, 2.05) is 0 Å². The molecule has 0 N–H and O–H groups in total. The van der Waals surface area contributed by atoms with E-state index in [0.29, 0.717) is 17.6 Å². The van der Waals surface area contributed by atoms with Gasteiger partial charge < -0.3 is 4.74 Å². The average molecular weight is 280 g/mol. The van der Waals surface area contributed by atoms with Crippen molar-refractivity contribution < 1.29 is 13.9 Å². The minimum Gasteiger partial charge on any atom is -0.486 e. The predicted octanol–water partition coefficient (Wildman–Crippen LogP) is 3.57. The number of hydrogen-bond acceptors (Lipinski definition) is 3. The fraction of sp³-hybridized carbons (Fsp3) is 0.143. The van der Waals surface area contributed by atoms with Crippen LogP contribution in [0.25, 0.3) is 0 Å². The summed E-state index contributed by atoms with van der Waals surface area (Å²) < 4.78 is 18.4. The lowest BCUT2D eigenvalue weighted by Crippen LogP contribution is -2.01. The molecule has 0 bridgehead atoms. The van der Waals surface area contributed by atoms with Gasteiger partial charge in [-0.2, -0.15) is 0 Å². The fourth-order valence-electron chi connectivity index (χ4n) is 1.56. The quantitative estimate of drug-likeness (QED) is 0.803. The molecule has 0 saturated heterocycles. The van der Waals surface area contributed by atoms with Crippen LogP contribution in [0.2, 0.25) is 5.02 Å². The molecular formula is C14H11ClFNO2. The Bertz CT molecular complexity index is 616. The number of carbonyl (C=O) groups excluding carboxylic acids is 1. The third kappa shape index (κ3) is 3.29. The Hall–Kier alpha value is -1.94. The summed E-state index contributed by atoms with van der Waals surface area (Å²) in [6.07, 6.45) is 0.634. The molecule has 0 aliphatic rings. The van der Waals surface area contributed by atoms with Gasteiger partial charge in [0, 0.05) is 11.3 Å². The van der Waals surface area contributed by atoms with Crippen LogP contribution in [0.15, 0.2) is 30.3 Å². The van der Waals surface area contributed by atoms with E-state index in [4.69, 9.17) is 16.3 Å². The molecule has 5 heteroatoms. The van der Waals surface area contributed by atoms with E-state index >= 15 is 0 Å². The Morgan fingerprint density at radius 1 is 1.37 bits per heavy atom. The molecule has 0 fully saturated rings. The van der Waals surface area contributed by atoms with Crippen molar-refractivity contribution in [2.45, 2.75) is 13.5 Å². The van der Waals surface area contributed by atoms with Crippen molar-refractivity contribution in [3.63, 3.8) is 0 Å². The normalized spacial score (nSPS) is 10.3. The Balaban J connectivity index is 2.16. The molecule has 1 aromatic heterocycles. The van der Waals surface area contributed by atoms with Crippen LogP contribution in [0.5, 0.6) is 5.75 Å². The summed E-state index contributed by atoms with van der Waals surface area (Å²) in [5, 5.41) is 0.285. The van der Waals surface area contributed by atoms with Crippen molar-refractivity contribution in [1.29, 1.82) is 0 Å². The molecule has 98 valence electrons. The van der Waals surface area contributed by atoms with E-state index in [1.54, 1.807) is 25.1 Å². The maximum atomic E-state index is 12.9. The van der Waals surface area contributed by atoms with Crippen molar-refractivity contribution in [2.24, 2.45) is 0 Å². The number of hydrogen-bond donors (Lipinski definition) is 0. The minimum absolute atomic E-state index is 0.144. The van der Waals surface area contributed by atoms with E-state index in [1.165, 1.54) is 12.1 Å². The third-order valence-corrected chi connectivity index (χ3v) is 2.89. The van der Waals surface area contributed by atoms with Crippen LogP contribution in [0, 0.1) is 12.7 Å². The van der Waals surface area contributed by atoms with Gasteiger partial charge in [0.15, 0.2) is 6.29 Å². The lowest BCUT2D eigenvalue weighted by molar-refractivity contribution is 0.111. The molecule has 3 nitrogen and oxygen atoms in total. The summed E-state index contributed by atoms with van der Waals surface area (Å²) in [4.78, 5) is 14.9. The number of benzene rings is 1. The topological polar surface area (TPSA) is 39.2 Å². The molecule has 0 aliphatic heterocycles. The summed E-state index contributed by atoms with van der Waals surface area (Å²) in [6.45, 7) is 1.93. The highest BCUT2D eigenvalue weighted by Gasteiger charge is 2.07. The number of rotatable bonds is 4. The van der Waals surface area contributed by atoms with Crippen molar-refractivity contribution in [3.05, 3.63) is 58.1 Å². The van der Waals surface area contributed by atoms with Crippen LogP contribution in [-0.2, 0) is 6.61 Å². The van der Waals surface area contributed by atoms with Crippen LogP contribution in [0.1, 0.15) is 21.7 Å². The number of aromatic nitrogens is 1.